The fourth-order valence-electron chi connectivity index (χ4n) is 2.52. The van der Waals surface area contributed by atoms with Crippen molar-refractivity contribution in [3.05, 3.63) is 69.0 Å². The Morgan fingerprint density at radius 3 is 2.57 bits per heavy atom. The summed E-state index contributed by atoms with van der Waals surface area (Å²) in [6, 6.07) is 14.1. The molecule has 1 heterocycles. The number of thiocarbonyl (C=S) groups is 1. The molecule has 8 heteroatoms. The van der Waals surface area contributed by atoms with E-state index in [0.717, 1.165) is 10.0 Å². The maximum absolute atomic E-state index is 12.6. The Kier molecular flexibility index (Phi) is 6.43. The van der Waals surface area contributed by atoms with Crippen molar-refractivity contribution < 1.29 is 14.4 Å². The first kappa shape index (κ1) is 20.4. The van der Waals surface area contributed by atoms with E-state index in [1.165, 1.54) is 23.6 Å². The van der Waals surface area contributed by atoms with Crippen LogP contribution in [0.4, 0.5) is 5.69 Å². The lowest BCUT2D eigenvalue weighted by Crippen LogP contribution is -2.36. The van der Waals surface area contributed by atoms with Crippen LogP contribution in [0.25, 0.3) is 6.08 Å². The van der Waals surface area contributed by atoms with Crippen LogP contribution in [0.2, 0.25) is 0 Å². The largest absolute Gasteiger partial charge is 0.325 e. The molecule has 1 aliphatic rings. The molecule has 2 aromatic rings. The maximum Gasteiger partial charge on any atom is 0.266 e. The number of rotatable bonds is 5. The summed E-state index contributed by atoms with van der Waals surface area (Å²) in [5.74, 6) is -0.708. The molecule has 1 N–H and O–H groups in total. The van der Waals surface area contributed by atoms with E-state index in [0.29, 0.717) is 20.5 Å². The molecular weight excluding hydrogens is 460 g/mol. The van der Waals surface area contributed by atoms with E-state index in [1.807, 2.05) is 24.3 Å². The number of nitrogens with one attached hydrogen (secondary N) is 1. The van der Waals surface area contributed by atoms with Gasteiger partial charge in [0.05, 0.1) is 4.91 Å². The minimum atomic E-state index is -0.365. The van der Waals surface area contributed by atoms with Crippen LogP contribution in [-0.4, -0.2) is 33.4 Å². The second-order valence-corrected chi connectivity index (χ2v) is 8.60. The van der Waals surface area contributed by atoms with Crippen molar-refractivity contribution in [3.8, 4) is 0 Å². The van der Waals surface area contributed by atoms with Gasteiger partial charge in [0.2, 0.25) is 5.91 Å². The molecule has 0 saturated carbocycles. The molecule has 0 bridgehead atoms. The number of carbonyl (C=O) groups excluding carboxylic acids is 3. The zero-order valence-electron chi connectivity index (χ0n) is 14.8. The molecule has 2 amide bonds. The van der Waals surface area contributed by atoms with Crippen molar-refractivity contribution >= 4 is 73.6 Å². The lowest BCUT2D eigenvalue weighted by Gasteiger charge is -2.14. The van der Waals surface area contributed by atoms with Crippen molar-refractivity contribution in [2.45, 2.75) is 6.92 Å². The van der Waals surface area contributed by atoms with Crippen molar-refractivity contribution in [3.63, 3.8) is 0 Å². The van der Waals surface area contributed by atoms with Gasteiger partial charge in [-0.25, -0.2) is 0 Å². The standard InChI is InChI=1S/C20H15BrN2O3S2/c1-12(24)14-5-7-16(8-6-14)22-18(25)11-23-19(26)17(28-20(23)27)10-13-3-2-4-15(21)9-13/h2-10H,11H2,1H3,(H,22,25). The van der Waals surface area contributed by atoms with Crippen LogP contribution in [0.3, 0.4) is 0 Å². The number of Topliss-reactive ketones (excluding diaryl/α,β-unsaturated/α-hetero) is 1. The average Bonchev–Trinajstić information content (AvgIpc) is 2.89. The average molecular weight is 475 g/mol. The van der Waals surface area contributed by atoms with Crippen LogP contribution in [0.1, 0.15) is 22.8 Å². The van der Waals surface area contributed by atoms with Gasteiger partial charge in [-0.2, -0.15) is 0 Å². The molecule has 3 rings (SSSR count). The summed E-state index contributed by atoms with van der Waals surface area (Å²) >= 11 is 9.84. The molecule has 5 nitrogen and oxygen atoms in total. The minimum absolute atomic E-state index is 0.0484. The molecule has 0 atom stereocenters. The number of ketones is 1. The highest BCUT2D eigenvalue weighted by Gasteiger charge is 2.33. The van der Waals surface area contributed by atoms with Gasteiger partial charge in [-0.1, -0.05) is 52.0 Å². The van der Waals surface area contributed by atoms with E-state index >= 15 is 0 Å². The maximum atomic E-state index is 12.6. The van der Waals surface area contributed by atoms with Gasteiger partial charge in [-0.15, -0.1) is 0 Å². The summed E-state index contributed by atoms with van der Waals surface area (Å²) in [7, 11) is 0. The summed E-state index contributed by atoms with van der Waals surface area (Å²) in [4.78, 5) is 38.0. The van der Waals surface area contributed by atoms with E-state index in [-0.39, 0.29) is 24.1 Å². The number of nitrogens with zero attached hydrogens (tertiary/aromatic N) is 1. The summed E-state index contributed by atoms with van der Waals surface area (Å²) in [5, 5.41) is 2.71. The molecular formula is C20H15BrN2O3S2. The highest BCUT2D eigenvalue weighted by Crippen LogP contribution is 2.32. The summed E-state index contributed by atoms with van der Waals surface area (Å²) in [6.45, 7) is 1.30. The van der Waals surface area contributed by atoms with Gasteiger partial charge in [-0.05, 0) is 55.0 Å². The Morgan fingerprint density at radius 2 is 1.93 bits per heavy atom. The van der Waals surface area contributed by atoms with Crippen LogP contribution in [0.5, 0.6) is 0 Å². The number of benzene rings is 2. The normalized spacial score (nSPS) is 15.2. The molecule has 1 fully saturated rings. The van der Waals surface area contributed by atoms with E-state index in [1.54, 1.807) is 30.3 Å². The fraction of sp³-hybridized carbons (Fsp3) is 0.100. The fourth-order valence-corrected chi connectivity index (χ4v) is 4.19. The molecule has 0 unspecified atom stereocenters. The predicted molar refractivity (Wildman–Crippen MR) is 119 cm³/mol. The third-order valence-electron chi connectivity index (χ3n) is 3.90. The molecule has 0 spiro atoms. The number of hydrogen-bond donors (Lipinski definition) is 1. The van der Waals surface area contributed by atoms with Crippen molar-refractivity contribution in [1.82, 2.24) is 4.90 Å². The molecule has 2 aromatic carbocycles. The Bertz CT molecular complexity index is 1000. The minimum Gasteiger partial charge on any atom is -0.325 e. The second-order valence-electron chi connectivity index (χ2n) is 6.00. The van der Waals surface area contributed by atoms with Gasteiger partial charge in [0.1, 0.15) is 10.9 Å². The zero-order chi connectivity index (χ0) is 20.3. The molecule has 1 aliphatic heterocycles. The first-order valence-corrected chi connectivity index (χ1v) is 10.3. The molecule has 0 aromatic heterocycles. The third-order valence-corrected chi connectivity index (χ3v) is 5.77. The number of anilines is 1. The smallest absolute Gasteiger partial charge is 0.266 e. The highest BCUT2D eigenvalue weighted by molar-refractivity contribution is 9.10. The number of amides is 2. The second kappa shape index (κ2) is 8.81. The number of thioether (sulfide) groups is 1. The molecule has 28 heavy (non-hydrogen) atoms. The quantitative estimate of drug-likeness (QED) is 0.392. The Hall–Kier alpha value is -2.29. The van der Waals surface area contributed by atoms with Gasteiger partial charge in [0.15, 0.2) is 5.78 Å². The molecule has 1 saturated heterocycles. The summed E-state index contributed by atoms with van der Waals surface area (Å²) in [6.07, 6.45) is 1.75. The van der Waals surface area contributed by atoms with Crippen LogP contribution in [0, 0.1) is 0 Å². The summed E-state index contributed by atoms with van der Waals surface area (Å²) < 4.78 is 1.25. The van der Waals surface area contributed by atoms with Crippen LogP contribution < -0.4 is 5.32 Å². The Balaban J connectivity index is 1.66. The monoisotopic (exact) mass is 474 g/mol. The van der Waals surface area contributed by atoms with Crippen LogP contribution in [-0.2, 0) is 9.59 Å². The van der Waals surface area contributed by atoms with Gasteiger partial charge >= 0.3 is 0 Å². The Morgan fingerprint density at radius 1 is 1.21 bits per heavy atom. The first-order chi connectivity index (χ1) is 13.3. The zero-order valence-corrected chi connectivity index (χ0v) is 18.0. The van der Waals surface area contributed by atoms with Gasteiger partial charge in [-0.3, -0.25) is 19.3 Å². The van der Waals surface area contributed by atoms with Crippen molar-refractivity contribution in [2.24, 2.45) is 0 Å². The molecule has 0 aliphatic carbocycles. The molecule has 142 valence electrons. The lowest BCUT2D eigenvalue weighted by atomic mass is 10.1. The first-order valence-electron chi connectivity index (χ1n) is 8.25. The number of hydrogen-bond acceptors (Lipinski definition) is 5. The predicted octanol–water partition coefficient (Wildman–Crippen LogP) is 4.49. The van der Waals surface area contributed by atoms with Crippen molar-refractivity contribution in [1.29, 1.82) is 0 Å². The van der Waals surface area contributed by atoms with Gasteiger partial charge in [0, 0.05) is 15.7 Å². The Labute approximate surface area is 180 Å². The van der Waals surface area contributed by atoms with Gasteiger partial charge in [0.25, 0.3) is 5.91 Å². The van der Waals surface area contributed by atoms with Crippen LogP contribution >= 0.6 is 39.9 Å². The third kappa shape index (κ3) is 4.95. The van der Waals surface area contributed by atoms with E-state index in [4.69, 9.17) is 12.2 Å². The SMILES string of the molecule is CC(=O)c1ccc(NC(=O)CN2C(=O)C(=Cc3cccc(Br)c3)SC2=S)cc1. The van der Waals surface area contributed by atoms with Crippen molar-refractivity contribution in [2.75, 3.05) is 11.9 Å². The molecule has 0 radical (unpaired) electrons. The van der Waals surface area contributed by atoms with Gasteiger partial charge < -0.3 is 5.32 Å². The number of carbonyl (C=O) groups is 3. The topological polar surface area (TPSA) is 66.5 Å². The highest BCUT2D eigenvalue weighted by atomic mass is 79.9. The van der Waals surface area contributed by atoms with E-state index in [2.05, 4.69) is 21.2 Å². The van der Waals surface area contributed by atoms with Crippen LogP contribution in [0.15, 0.2) is 57.9 Å². The summed E-state index contributed by atoms with van der Waals surface area (Å²) in [5.41, 5.74) is 1.97. The lowest BCUT2D eigenvalue weighted by molar-refractivity contribution is -0.126. The van der Waals surface area contributed by atoms with E-state index < -0.39 is 0 Å². The van der Waals surface area contributed by atoms with E-state index in [9.17, 15) is 14.4 Å². The number of halogens is 1.